The number of rotatable bonds is 2. The Kier molecular flexibility index (Phi) is 7.32. The molecule has 0 aliphatic heterocycles. The largest absolute Gasteiger partial charge is 1.00 e. The summed E-state index contributed by atoms with van der Waals surface area (Å²) in [4.78, 5) is 0. The van der Waals surface area contributed by atoms with E-state index in [1.165, 1.54) is 55.7 Å². The molecule has 0 heterocycles. The molecule has 0 saturated carbocycles. The van der Waals surface area contributed by atoms with Crippen molar-refractivity contribution in [3.8, 4) is 0 Å². The summed E-state index contributed by atoms with van der Waals surface area (Å²) in [6, 6.07) is 17.9. The molecular weight excluding hydrogens is 474 g/mol. The van der Waals surface area contributed by atoms with Gasteiger partial charge in [-0.2, -0.15) is 0 Å². The summed E-state index contributed by atoms with van der Waals surface area (Å²) in [5.41, 5.74) is 14.9. The molecule has 3 heteroatoms. The van der Waals surface area contributed by atoms with Crippen LogP contribution in [0.25, 0.3) is 16.7 Å². The molecule has 0 nitrogen and oxygen atoms in total. The van der Waals surface area contributed by atoms with Gasteiger partial charge in [0.15, 0.2) is 0 Å². The average molecular weight is 502 g/mol. The van der Waals surface area contributed by atoms with Gasteiger partial charge in [0.05, 0.1) is 0 Å². The molecule has 0 radical (unpaired) electrons. The second kappa shape index (κ2) is 8.70. The summed E-state index contributed by atoms with van der Waals surface area (Å²) in [6.07, 6.45) is 0. The van der Waals surface area contributed by atoms with Crippen molar-refractivity contribution >= 4 is 16.7 Å². The molecule has 0 fully saturated rings. The van der Waals surface area contributed by atoms with Crippen LogP contribution in [0.5, 0.6) is 0 Å². The fourth-order valence-corrected chi connectivity index (χ4v) is 6.61. The van der Waals surface area contributed by atoms with E-state index in [1.54, 1.807) is 24.7 Å². The normalized spacial score (nSPS) is 19.9. The predicted molar refractivity (Wildman–Crippen MR) is 113 cm³/mol. The first-order valence-electron chi connectivity index (χ1n) is 9.77. The van der Waals surface area contributed by atoms with Gasteiger partial charge in [-0.3, -0.25) is 0 Å². The number of hydrogen-bond donors (Lipinski definition) is 0. The van der Waals surface area contributed by atoms with Crippen LogP contribution in [0.15, 0.2) is 65.3 Å². The van der Waals surface area contributed by atoms with Crippen LogP contribution in [0.2, 0.25) is 0 Å². The van der Waals surface area contributed by atoms with Crippen LogP contribution < -0.4 is 24.8 Å². The topological polar surface area (TPSA) is 0 Å². The van der Waals surface area contributed by atoms with E-state index in [-0.39, 0.29) is 30.2 Å². The van der Waals surface area contributed by atoms with E-state index >= 15 is 0 Å². The van der Waals surface area contributed by atoms with E-state index in [0.717, 1.165) is 0 Å². The molecule has 2 aliphatic rings. The van der Waals surface area contributed by atoms with Gasteiger partial charge in [0.25, 0.3) is 0 Å². The van der Waals surface area contributed by atoms with Crippen molar-refractivity contribution in [3.05, 3.63) is 87.5 Å². The van der Waals surface area contributed by atoms with Crippen molar-refractivity contribution in [3.63, 3.8) is 0 Å². The van der Waals surface area contributed by atoms with Crippen LogP contribution in [0.3, 0.4) is 0 Å². The molecule has 0 bridgehead atoms. The van der Waals surface area contributed by atoms with Gasteiger partial charge >= 0.3 is 180 Å². The summed E-state index contributed by atoms with van der Waals surface area (Å²) in [5.74, 6) is 0. The van der Waals surface area contributed by atoms with Crippen LogP contribution in [-0.2, 0) is 24.7 Å². The summed E-state index contributed by atoms with van der Waals surface area (Å²) < 4.78 is 0.523. The first kappa shape index (κ1) is 24.4. The first-order valence-corrected chi connectivity index (χ1v) is 11.2. The number of benzene rings is 2. The number of fused-ring (bicyclic) bond motifs is 1. The van der Waals surface area contributed by atoms with Crippen LogP contribution in [0, 0.1) is 5.41 Å². The molecule has 0 spiro atoms. The molecule has 4 rings (SSSR count). The summed E-state index contributed by atoms with van der Waals surface area (Å²) >= 11 is 1.57. The maximum Gasteiger partial charge on any atom is -1.00 e. The Morgan fingerprint density at radius 3 is 1.93 bits per heavy atom. The molecule has 1 unspecified atom stereocenters. The van der Waals surface area contributed by atoms with E-state index < -0.39 is 0 Å². The number of halogens is 2. The van der Waals surface area contributed by atoms with Gasteiger partial charge in [-0.05, 0) is 0 Å². The van der Waals surface area contributed by atoms with Crippen LogP contribution in [0.1, 0.15) is 67.4 Å². The molecule has 1 atom stereocenters. The van der Waals surface area contributed by atoms with E-state index in [1.807, 2.05) is 0 Å². The Bertz CT molecular complexity index is 1040. The van der Waals surface area contributed by atoms with E-state index in [0.29, 0.717) is 3.63 Å². The predicted octanol–water partition coefficient (Wildman–Crippen LogP) is 1.38. The van der Waals surface area contributed by atoms with Crippen LogP contribution >= 0.6 is 0 Å². The first-order chi connectivity index (χ1) is 12.8. The second-order valence-corrected chi connectivity index (χ2v) is 9.90. The SMILES string of the molecule is CC1=C(C)C(C)(C)C(c2cccc3c2C(C)=C(c2ccccc2)[CH]3[Zr+2])=C1C.[Cl-].[Cl-]. The van der Waals surface area contributed by atoms with Crippen molar-refractivity contribution in [1.29, 1.82) is 0 Å². The molecule has 0 aromatic heterocycles. The van der Waals surface area contributed by atoms with Gasteiger partial charge < -0.3 is 24.8 Å². The van der Waals surface area contributed by atoms with Crippen LogP contribution in [0.4, 0.5) is 0 Å². The van der Waals surface area contributed by atoms with Crippen LogP contribution in [-0.4, -0.2) is 0 Å². The third-order valence-corrected chi connectivity index (χ3v) is 8.37. The molecule has 0 N–H and O–H groups in total. The van der Waals surface area contributed by atoms with E-state index in [2.05, 4.69) is 90.1 Å². The Morgan fingerprint density at radius 2 is 1.38 bits per heavy atom. The zero-order valence-corrected chi connectivity index (χ0v) is 21.9. The quantitative estimate of drug-likeness (QED) is 0.584. The van der Waals surface area contributed by atoms with Crippen molar-refractivity contribution in [2.24, 2.45) is 5.41 Å². The third kappa shape index (κ3) is 3.58. The average Bonchev–Trinajstić information content (AvgIpc) is 2.99. The fourth-order valence-electron chi connectivity index (χ4n) is 5.08. The van der Waals surface area contributed by atoms with Gasteiger partial charge in [0.2, 0.25) is 0 Å². The summed E-state index contributed by atoms with van der Waals surface area (Å²) in [7, 11) is 0. The molecule has 2 aromatic carbocycles. The Hall–Kier alpha value is -0.877. The van der Waals surface area contributed by atoms with Gasteiger partial charge in [-0.25, -0.2) is 0 Å². The molecule has 2 aliphatic carbocycles. The summed E-state index contributed by atoms with van der Waals surface area (Å²) in [6.45, 7) is 14.0. The second-order valence-electron chi connectivity index (χ2n) is 8.48. The van der Waals surface area contributed by atoms with E-state index in [9.17, 15) is 0 Å². The van der Waals surface area contributed by atoms with Gasteiger partial charge in [0, 0.05) is 0 Å². The molecular formula is C26H27Cl2Zr. The van der Waals surface area contributed by atoms with Crippen molar-refractivity contribution in [2.45, 2.75) is 45.2 Å². The van der Waals surface area contributed by atoms with Gasteiger partial charge in [-0.15, -0.1) is 0 Å². The molecule has 149 valence electrons. The van der Waals surface area contributed by atoms with Crippen molar-refractivity contribution < 1.29 is 49.5 Å². The Balaban J connectivity index is 0.00000150. The smallest absolute Gasteiger partial charge is 1.00 e. The standard InChI is InChI=1S/C26H27.2ClH.Zr/c1-16-17(2)25(26(5,6)19(16)4)22-14-10-13-21-15-23(18(3)24(21)22)20-11-8-7-9-12-20;;;/h7-15H,1-6H3;2*1H;/q;;;+2/p-2. The third-order valence-electron chi connectivity index (χ3n) is 6.89. The molecule has 2 aromatic rings. The van der Waals surface area contributed by atoms with E-state index in [4.69, 9.17) is 0 Å². The molecule has 0 saturated heterocycles. The summed E-state index contributed by atoms with van der Waals surface area (Å²) in [5, 5.41) is 0. The minimum absolute atomic E-state index is 0. The zero-order chi connectivity index (χ0) is 19.5. The maximum atomic E-state index is 2.39. The number of hydrogen-bond acceptors (Lipinski definition) is 0. The molecule has 29 heavy (non-hydrogen) atoms. The van der Waals surface area contributed by atoms with Crippen molar-refractivity contribution in [2.75, 3.05) is 0 Å². The fraction of sp³-hybridized carbons (Fsp3) is 0.308. The van der Waals surface area contributed by atoms with Crippen molar-refractivity contribution in [1.82, 2.24) is 0 Å². The maximum absolute atomic E-state index is 2.39. The minimum atomic E-state index is 0. The Labute approximate surface area is 203 Å². The minimum Gasteiger partial charge on any atom is -1.00 e. The van der Waals surface area contributed by atoms with Gasteiger partial charge in [-0.1, -0.05) is 0 Å². The zero-order valence-electron chi connectivity index (χ0n) is 18.0. The monoisotopic (exact) mass is 499 g/mol. The van der Waals surface area contributed by atoms with Gasteiger partial charge in [0.1, 0.15) is 0 Å². The molecule has 0 amide bonds. The number of allylic oxidation sites excluding steroid dienone is 6. The Morgan fingerprint density at radius 1 is 0.759 bits per heavy atom.